The minimum atomic E-state index is -3.19. The molecule has 560 valence electrons. The Morgan fingerprint density at radius 2 is 0.932 bits per heavy atom. The van der Waals surface area contributed by atoms with Gasteiger partial charge in [-0.2, -0.15) is 0 Å². The molecule has 8 fully saturated rings. The Kier molecular flexibility index (Phi) is 24.0. The molecule has 4 atom stereocenters. The van der Waals surface area contributed by atoms with E-state index >= 15 is 0 Å². The number of carbonyl (C=O) groups is 2. The third kappa shape index (κ3) is 17.6. The van der Waals surface area contributed by atoms with Gasteiger partial charge in [0.05, 0.1) is 38.8 Å². The number of aromatic carboxylic acids is 1. The Labute approximate surface area is 608 Å². The molecule has 1 amide bonds. The molecule has 0 spiro atoms. The third-order valence-electron chi connectivity index (χ3n) is 23.6. The lowest BCUT2D eigenvalue weighted by Crippen LogP contribution is -2.63. The topological polar surface area (TPSA) is 211 Å². The summed E-state index contributed by atoms with van der Waals surface area (Å²) in [4.78, 5) is 51.4. The molecular weight excluding hydrogens is 1350 g/mol. The molecule has 6 aliphatic heterocycles. The van der Waals surface area contributed by atoms with Crippen LogP contribution in [0.5, 0.6) is 0 Å². The summed E-state index contributed by atoms with van der Waals surface area (Å²) >= 11 is 0. The number of aryl methyl sites for hydroxylation is 2. The molecule has 8 aliphatic rings. The Bertz CT molecular complexity index is 4090. The monoisotopic (exact) mass is 1460 g/mol. The fourth-order valence-corrected chi connectivity index (χ4v) is 20.9. The van der Waals surface area contributed by atoms with Crippen LogP contribution in [0.25, 0.3) is 0 Å². The van der Waals surface area contributed by atoms with Gasteiger partial charge in [0.25, 0.3) is 5.91 Å². The Morgan fingerprint density at radius 3 is 1.31 bits per heavy atom. The summed E-state index contributed by atoms with van der Waals surface area (Å²) in [6.45, 7) is 28.6. The van der Waals surface area contributed by atoms with Gasteiger partial charge in [-0.15, -0.1) is 19.9 Å². The molecule has 2 aliphatic carbocycles. The van der Waals surface area contributed by atoms with E-state index < -0.39 is 26.0 Å². The zero-order chi connectivity index (χ0) is 73.0. The molecule has 2 aromatic heterocycles. The van der Waals surface area contributed by atoms with Gasteiger partial charge in [-0.05, 0) is 204 Å². The van der Waals surface area contributed by atoms with Crippen LogP contribution in [0, 0.1) is 51.2 Å². The number of amides is 1. The highest BCUT2D eigenvalue weighted by Crippen LogP contribution is 2.44. The molecular formula is C78H108F2N12O9S2. The standard InChI is InChI=1S/C39H53FN6O4S.C26H41FN4O2S.C13H14N2O3/c1-28-26-43(23-24-45(28)37(33-11-8-12-34(40)25-33)32-15-19-44(20-16-32)51(48,49)35-13-14-35)39(4)17-21-42(22-18-39)38(47)36-29(2)41-46(30(36)3)50-27-31-9-6-5-7-10-31;1-20-19-29(26(2)10-12-28-13-11-26)16-17-31(20)25(22-4-3-5-23(27)18-22)21-8-14-30(15-9-21)34(32,33)24-6-7-24;1-9-12(13(16)17)10(2)15(14-9)18-8-11-6-4-3-5-7-11/h5-12,25,28,32,35,37H,13-24,26-27H2,1-4H3;3-5,18,20-21,24-25,28H,6-17,19H2,1-2H3;3-7H,8H2,1-2H3,(H,16,17)/t28-,37+;20-,25+;/m00./s1. The number of hydrogen-bond acceptors (Lipinski definition) is 15. The van der Waals surface area contributed by atoms with Crippen molar-refractivity contribution in [2.45, 2.75) is 191 Å². The first-order chi connectivity index (χ1) is 49.3. The minimum Gasteiger partial charge on any atom is -0.478 e. The smallest absolute Gasteiger partial charge is 0.339 e. The number of piperidine rings is 4. The average molecular weight is 1460 g/mol. The van der Waals surface area contributed by atoms with Crippen LogP contribution >= 0.6 is 0 Å². The number of carboxylic acid groups (broad SMARTS) is 1. The second-order valence-corrected chi connectivity index (χ2v) is 35.1. The molecule has 2 N–H and O–H groups in total. The second-order valence-electron chi connectivity index (χ2n) is 30.7. The SMILES string of the molecule is C[C@H]1CN(C2(C)CCNCC2)CCN1[C@@H](c1cccc(F)c1)C1CCN(S(=O)(=O)C2CC2)CC1.Cc1nn(OCc2ccccc2)c(C)c1C(=O)N1CCC(C)(N2CCN([C@@H](c3cccc(F)c3)C3CCN(S(=O)(=O)C4CC4)CC3)[C@@H](C)C2)CC1.Cc1nn(OCc2ccccc2)c(C)c1C(=O)O. The fourth-order valence-electron chi connectivity index (χ4n) is 17.1. The molecule has 2 saturated carbocycles. The van der Waals surface area contributed by atoms with Gasteiger partial charge in [-0.25, -0.2) is 39.0 Å². The van der Waals surface area contributed by atoms with Gasteiger partial charge < -0.3 is 25.0 Å². The quantitative estimate of drug-likeness (QED) is 0.0728. The highest BCUT2D eigenvalue weighted by Gasteiger charge is 2.48. The van der Waals surface area contributed by atoms with Crippen molar-refractivity contribution in [3.8, 4) is 0 Å². The predicted molar refractivity (Wildman–Crippen MR) is 394 cm³/mol. The number of sulfonamides is 2. The maximum absolute atomic E-state index is 14.6. The van der Waals surface area contributed by atoms with Gasteiger partial charge in [-0.3, -0.25) is 24.4 Å². The van der Waals surface area contributed by atoms with E-state index in [0.29, 0.717) is 87.1 Å². The molecule has 6 aromatic rings. The zero-order valence-electron chi connectivity index (χ0n) is 61.5. The summed E-state index contributed by atoms with van der Waals surface area (Å²) in [6, 6.07) is 34.4. The van der Waals surface area contributed by atoms with Gasteiger partial charge in [-0.1, -0.05) is 84.9 Å². The van der Waals surface area contributed by atoms with E-state index in [2.05, 4.69) is 68.9 Å². The molecule has 0 radical (unpaired) electrons. The Morgan fingerprint density at radius 1 is 0.534 bits per heavy atom. The van der Waals surface area contributed by atoms with Gasteiger partial charge in [0.15, 0.2) is 0 Å². The summed E-state index contributed by atoms with van der Waals surface area (Å²) in [5, 5.41) is 20.8. The number of carbonyl (C=O) groups excluding carboxylic acids is 1. The van der Waals surface area contributed by atoms with Crippen LogP contribution in [0.15, 0.2) is 109 Å². The number of carboxylic acids is 1. The van der Waals surface area contributed by atoms with E-state index in [1.54, 1.807) is 40.7 Å². The molecule has 4 aromatic carbocycles. The lowest BCUT2D eigenvalue weighted by molar-refractivity contribution is -0.0422. The summed E-state index contributed by atoms with van der Waals surface area (Å²) in [7, 11) is -6.32. The molecule has 21 nitrogen and oxygen atoms in total. The van der Waals surface area contributed by atoms with Crippen molar-refractivity contribution in [1.29, 1.82) is 0 Å². The first kappa shape index (κ1) is 76.0. The molecule has 0 unspecified atom stereocenters. The number of aromatic nitrogens is 4. The zero-order valence-corrected chi connectivity index (χ0v) is 63.1. The highest BCUT2D eigenvalue weighted by molar-refractivity contribution is 7.90. The third-order valence-corrected chi connectivity index (χ3v) is 28.4. The van der Waals surface area contributed by atoms with Crippen molar-refractivity contribution in [3.63, 3.8) is 0 Å². The van der Waals surface area contributed by atoms with Crippen LogP contribution in [-0.4, -0.2) is 212 Å². The van der Waals surface area contributed by atoms with E-state index in [0.717, 1.165) is 145 Å². The molecule has 103 heavy (non-hydrogen) atoms. The molecule has 0 bridgehead atoms. The average Bonchev–Trinajstić information content (AvgIpc) is 1.62. The molecule has 6 saturated heterocycles. The minimum absolute atomic E-state index is 0.00807. The first-order valence-electron chi connectivity index (χ1n) is 37.5. The number of halogens is 2. The van der Waals surface area contributed by atoms with E-state index in [4.69, 9.17) is 14.8 Å². The number of piperazine rings is 2. The van der Waals surface area contributed by atoms with Crippen molar-refractivity contribution in [2.75, 3.05) is 91.6 Å². The van der Waals surface area contributed by atoms with Crippen LogP contribution in [0.2, 0.25) is 0 Å². The van der Waals surface area contributed by atoms with Crippen molar-refractivity contribution >= 4 is 31.9 Å². The van der Waals surface area contributed by atoms with Crippen molar-refractivity contribution in [2.24, 2.45) is 11.8 Å². The van der Waals surface area contributed by atoms with E-state index in [9.17, 15) is 35.2 Å². The van der Waals surface area contributed by atoms with Crippen LogP contribution in [-0.2, 0) is 33.3 Å². The second kappa shape index (κ2) is 32.6. The van der Waals surface area contributed by atoms with Gasteiger partial charge in [0.1, 0.15) is 30.4 Å². The maximum atomic E-state index is 14.6. The Balaban J connectivity index is 0.000000164. The van der Waals surface area contributed by atoms with Crippen molar-refractivity contribution in [1.82, 2.24) is 58.3 Å². The number of hydrogen-bond donors (Lipinski definition) is 2. The maximum Gasteiger partial charge on any atom is 0.339 e. The molecule has 25 heteroatoms. The van der Waals surface area contributed by atoms with Crippen LogP contribution < -0.4 is 15.0 Å². The lowest BCUT2D eigenvalue weighted by Gasteiger charge is -2.54. The summed E-state index contributed by atoms with van der Waals surface area (Å²) in [6.07, 6.45) is 10.5. The summed E-state index contributed by atoms with van der Waals surface area (Å²) in [5.74, 6) is -0.825. The van der Waals surface area contributed by atoms with E-state index in [1.807, 2.05) is 91.5 Å². The largest absolute Gasteiger partial charge is 0.478 e. The predicted octanol–water partition coefficient (Wildman–Crippen LogP) is 10.3. The van der Waals surface area contributed by atoms with Crippen LogP contribution in [0.3, 0.4) is 0 Å². The first-order valence-corrected chi connectivity index (χ1v) is 40.5. The van der Waals surface area contributed by atoms with Crippen LogP contribution in [0.1, 0.15) is 183 Å². The highest BCUT2D eigenvalue weighted by atomic mass is 32.2. The van der Waals surface area contributed by atoms with E-state index in [1.165, 1.54) is 34.7 Å². The normalized spacial score (nSPS) is 23.0. The number of benzene rings is 4. The summed E-state index contributed by atoms with van der Waals surface area (Å²) in [5.41, 5.74) is 7.43. The number of nitrogens with zero attached hydrogens (tertiary/aromatic N) is 11. The van der Waals surface area contributed by atoms with Gasteiger partial charge >= 0.3 is 5.97 Å². The van der Waals surface area contributed by atoms with Gasteiger partial charge in [0.2, 0.25) is 20.0 Å². The van der Waals surface area contributed by atoms with Crippen molar-refractivity contribution in [3.05, 3.63) is 177 Å². The molecule has 14 rings (SSSR count). The van der Waals surface area contributed by atoms with Crippen molar-refractivity contribution < 1.29 is 50.0 Å². The van der Waals surface area contributed by atoms with Gasteiger partial charge in [0, 0.05) is 114 Å². The van der Waals surface area contributed by atoms with Crippen LogP contribution in [0.4, 0.5) is 8.78 Å². The number of rotatable bonds is 20. The lowest BCUT2D eigenvalue weighted by atomic mass is 9.82. The number of likely N-dealkylation sites (tertiary alicyclic amines) is 1. The number of nitrogens with one attached hydrogen (secondary N) is 1. The summed E-state index contributed by atoms with van der Waals surface area (Å²) < 4.78 is 83.8. The molecule has 8 heterocycles. The fraction of sp³-hybridized carbons (Fsp3) is 0.590. The Hall–Kier alpha value is -6.68. The van der Waals surface area contributed by atoms with E-state index in [-0.39, 0.29) is 68.7 Å².